The number of halogens is 2. The molecular weight excluding hydrogens is 298 g/mol. The Labute approximate surface area is 135 Å². The van der Waals surface area contributed by atoms with Gasteiger partial charge in [-0.2, -0.15) is 0 Å². The Balaban J connectivity index is 1.58. The zero-order valence-corrected chi connectivity index (χ0v) is 13.2. The van der Waals surface area contributed by atoms with Crippen LogP contribution in [0.25, 0.3) is 0 Å². The van der Waals surface area contributed by atoms with E-state index in [4.69, 9.17) is 4.74 Å². The summed E-state index contributed by atoms with van der Waals surface area (Å²) in [4.78, 5) is 3.72. The van der Waals surface area contributed by atoms with Crippen LogP contribution in [0.5, 0.6) is 5.75 Å². The Morgan fingerprint density at radius 3 is 2.52 bits per heavy atom. The van der Waals surface area contributed by atoms with E-state index >= 15 is 0 Å². The fourth-order valence-electron chi connectivity index (χ4n) is 3.00. The molecule has 0 spiro atoms. The summed E-state index contributed by atoms with van der Waals surface area (Å²) in [5.74, 6) is -0.692. The maximum absolute atomic E-state index is 13.3. The Kier molecular flexibility index (Phi) is 4.76. The van der Waals surface area contributed by atoms with Crippen LogP contribution in [-0.2, 0) is 6.54 Å². The summed E-state index contributed by atoms with van der Waals surface area (Å²) in [6.45, 7) is 4.54. The summed E-state index contributed by atoms with van der Waals surface area (Å²) >= 11 is 0. The fraction of sp³-hybridized carbons (Fsp3) is 0.333. The number of ether oxygens (including phenoxy) is 1. The molecule has 0 aromatic heterocycles. The van der Waals surface area contributed by atoms with Gasteiger partial charge in [0.05, 0.1) is 33.3 Å². The van der Waals surface area contributed by atoms with E-state index < -0.39 is 11.6 Å². The number of anilines is 1. The molecule has 1 N–H and O–H groups in total. The molecule has 1 aliphatic heterocycles. The number of piperazine rings is 1. The van der Waals surface area contributed by atoms with Gasteiger partial charge in [-0.3, -0.25) is 0 Å². The number of nitrogens with zero attached hydrogens (tertiary/aromatic N) is 1. The number of hydrogen-bond acceptors (Lipinski definition) is 2. The normalized spacial score (nSPS) is 15.7. The summed E-state index contributed by atoms with van der Waals surface area (Å²) in [5.41, 5.74) is 2.00. The third-order valence-electron chi connectivity index (χ3n) is 4.33. The second-order valence-electron chi connectivity index (χ2n) is 5.86. The lowest BCUT2D eigenvalue weighted by molar-refractivity contribution is -0.914. The first kappa shape index (κ1) is 15.7. The largest absolute Gasteiger partial charge is 0.497 e. The summed E-state index contributed by atoms with van der Waals surface area (Å²) in [6.07, 6.45) is 0. The Morgan fingerprint density at radius 1 is 1.04 bits per heavy atom. The first-order valence-corrected chi connectivity index (χ1v) is 7.82. The molecule has 2 aromatic carbocycles. The molecule has 3 rings (SSSR count). The molecule has 1 fully saturated rings. The zero-order valence-electron chi connectivity index (χ0n) is 13.2. The lowest BCUT2D eigenvalue weighted by Crippen LogP contribution is -3.13. The zero-order chi connectivity index (χ0) is 16.2. The van der Waals surface area contributed by atoms with Crippen LogP contribution in [0.1, 0.15) is 5.56 Å². The highest BCUT2D eigenvalue weighted by Crippen LogP contribution is 2.20. The van der Waals surface area contributed by atoms with Gasteiger partial charge in [-0.15, -0.1) is 0 Å². The van der Waals surface area contributed by atoms with Gasteiger partial charge in [-0.05, 0) is 24.3 Å². The van der Waals surface area contributed by atoms with E-state index in [1.165, 1.54) is 17.0 Å². The van der Waals surface area contributed by atoms with Crippen LogP contribution < -0.4 is 14.5 Å². The average molecular weight is 319 g/mol. The van der Waals surface area contributed by atoms with Crippen molar-refractivity contribution in [2.24, 2.45) is 0 Å². The Hall–Kier alpha value is -2.14. The van der Waals surface area contributed by atoms with Crippen molar-refractivity contribution >= 4 is 5.69 Å². The van der Waals surface area contributed by atoms with Crippen LogP contribution in [0, 0.1) is 11.6 Å². The number of hydrogen-bond donors (Lipinski definition) is 1. The molecule has 0 amide bonds. The van der Waals surface area contributed by atoms with Gasteiger partial charge in [0.25, 0.3) is 0 Å². The molecule has 1 aliphatic rings. The van der Waals surface area contributed by atoms with Gasteiger partial charge in [0, 0.05) is 17.3 Å². The number of nitrogens with one attached hydrogen (secondary N) is 1. The van der Waals surface area contributed by atoms with E-state index in [0.29, 0.717) is 0 Å². The quantitative estimate of drug-likeness (QED) is 0.927. The van der Waals surface area contributed by atoms with Crippen molar-refractivity contribution in [2.45, 2.75) is 6.54 Å². The minimum absolute atomic E-state index is 0.725. The van der Waals surface area contributed by atoms with E-state index in [1.807, 2.05) is 18.2 Å². The Morgan fingerprint density at radius 2 is 1.83 bits per heavy atom. The van der Waals surface area contributed by atoms with Crippen molar-refractivity contribution in [1.82, 2.24) is 0 Å². The number of rotatable bonds is 4. The topological polar surface area (TPSA) is 16.9 Å². The molecule has 0 atom stereocenters. The van der Waals surface area contributed by atoms with Gasteiger partial charge >= 0.3 is 0 Å². The van der Waals surface area contributed by atoms with Crippen molar-refractivity contribution in [3.63, 3.8) is 0 Å². The van der Waals surface area contributed by atoms with Crippen LogP contribution >= 0.6 is 0 Å². The summed E-state index contributed by atoms with van der Waals surface area (Å²) in [5, 5.41) is 0. The standard InChI is InChI=1S/C18H20F2N2O/c1-23-16-4-2-3-15(12-16)22-9-7-21(8-10-22)13-14-5-6-17(19)18(20)11-14/h2-6,11-12H,7-10,13H2,1H3/p+1. The second kappa shape index (κ2) is 6.96. The molecule has 0 saturated carbocycles. The first-order valence-electron chi connectivity index (χ1n) is 7.82. The number of methoxy groups -OCH3 is 1. The maximum Gasteiger partial charge on any atom is 0.159 e. The fourth-order valence-corrected chi connectivity index (χ4v) is 3.00. The van der Waals surface area contributed by atoms with Crippen LogP contribution in [-0.4, -0.2) is 33.3 Å². The van der Waals surface area contributed by atoms with Crippen LogP contribution in [0.15, 0.2) is 42.5 Å². The maximum atomic E-state index is 13.3. The van der Waals surface area contributed by atoms with Gasteiger partial charge in [-0.25, -0.2) is 8.78 Å². The van der Waals surface area contributed by atoms with E-state index in [0.717, 1.165) is 49.7 Å². The second-order valence-corrected chi connectivity index (χ2v) is 5.86. The molecule has 122 valence electrons. The molecule has 23 heavy (non-hydrogen) atoms. The van der Waals surface area contributed by atoms with E-state index in [9.17, 15) is 8.78 Å². The van der Waals surface area contributed by atoms with Crippen molar-refractivity contribution in [1.29, 1.82) is 0 Å². The third kappa shape index (κ3) is 3.79. The SMILES string of the molecule is COc1cccc(N2CC[NH+](Cc3ccc(F)c(F)c3)CC2)c1. The van der Waals surface area contributed by atoms with Crippen LogP contribution in [0.2, 0.25) is 0 Å². The summed E-state index contributed by atoms with van der Waals surface area (Å²) in [6, 6.07) is 12.2. The van der Waals surface area contributed by atoms with Gasteiger partial charge in [0.1, 0.15) is 12.3 Å². The highest BCUT2D eigenvalue weighted by molar-refractivity contribution is 5.50. The van der Waals surface area contributed by atoms with Gasteiger partial charge < -0.3 is 14.5 Å². The first-order chi connectivity index (χ1) is 11.2. The van der Waals surface area contributed by atoms with Crippen molar-refractivity contribution < 1.29 is 18.4 Å². The Bertz CT molecular complexity index is 670. The molecular formula is C18H21F2N2O+. The monoisotopic (exact) mass is 319 g/mol. The lowest BCUT2D eigenvalue weighted by Gasteiger charge is -2.33. The van der Waals surface area contributed by atoms with E-state index in [1.54, 1.807) is 13.2 Å². The minimum atomic E-state index is -0.786. The minimum Gasteiger partial charge on any atom is -0.497 e. The van der Waals surface area contributed by atoms with Gasteiger partial charge in [-0.1, -0.05) is 12.1 Å². The molecule has 0 radical (unpaired) electrons. The smallest absolute Gasteiger partial charge is 0.159 e. The summed E-state index contributed by atoms with van der Waals surface area (Å²) < 4.78 is 31.5. The van der Waals surface area contributed by atoms with Gasteiger partial charge in [0.2, 0.25) is 0 Å². The number of benzene rings is 2. The number of quaternary nitrogens is 1. The lowest BCUT2D eigenvalue weighted by atomic mass is 10.1. The third-order valence-corrected chi connectivity index (χ3v) is 4.33. The summed E-state index contributed by atoms with van der Waals surface area (Å²) in [7, 11) is 1.67. The van der Waals surface area contributed by atoms with Crippen molar-refractivity contribution in [2.75, 3.05) is 38.2 Å². The van der Waals surface area contributed by atoms with Crippen LogP contribution in [0.3, 0.4) is 0 Å². The molecule has 0 aliphatic carbocycles. The average Bonchev–Trinajstić information content (AvgIpc) is 2.59. The van der Waals surface area contributed by atoms with Crippen LogP contribution in [0.4, 0.5) is 14.5 Å². The highest BCUT2D eigenvalue weighted by atomic mass is 19.2. The predicted molar refractivity (Wildman–Crippen MR) is 86.0 cm³/mol. The molecule has 5 heteroatoms. The predicted octanol–water partition coefficient (Wildman–Crippen LogP) is 1.88. The van der Waals surface area contributed by atoms with Crippen molar-refractivity contribution in [3.05, 3.63) is 59.7 Å². The molecule has 0 bridgehead atoms. The molecule has 3 nitrogen and oxygen atoms in total. The molecule has 1 heterocycles. The molecule has 0 unspecified atom stereocenters. The van der Waals surface area contributed by atoms with Crippen molar-refractivity contribution in [3.8, 4) is 5.75 Å². The van der Waals surface area contributed by atoms with Gasteiger partial charge in [0.15, 0.2) is 11.6 Å². The molecule has 1 saturated heterocycles. The van der Waals surface area contributed by atoms with E-state index in [-0.39, 0.29) is 0 Å². The molecule has 2 aromatic rings. The highest BCUT2D eigenvalue weighted by Gasteiger charge is 2.21. The van der Waals surface area contributed by atoms with E-state index in [2.05, 4.69) is 11.0 Å².